The summed E-state index contributed by atoms with van der Waals surface area (Å²) in [6.45, 7) is 2.70. The molecule has 20 heavy (non-hydrogen) atoms. The molecule has 0 spiro atoms. The number of rotatable bonds is 7. The molecule has 0 aliphatic heterocycles. The third-order valence-corrected chi connectivity index (χ3v) is 5.28. The lowest BCUT2D eigenvalue weighted by Crippen LogP contribution is -2.35. The van der Waals surface area contributed by atoms with Gasteiger partial charge < -0.3 is 5.11 Å². The van der Waals surface area contributed by atoms with Crippen LogP contribution in [-0.4, -0.2) is 31.1 Å². The molecule has 0 fully saturated rings. The fraction of sp³-hybridized carbons (Fsp3) is 0.500. The van der Waals surface area contributed by atoms with E-state index in [4.69, 9.17) is 5.11 Å². The number of benzene rings is 1. The molecule has 2 N–H and O–H groups in total. The predicted molar refractivity (Wildman–Crippen MR) is 75.1 cm³/mol. The van der Waals surface area contributed by atoms with Crippen molar-refractivity contribution in [3.05, 3.63) is 29.3 Å². The Bertz CT molecular complexity index is 564. The third-order valence-electron chi connectivity index (χ3n) is 2.53. The molecule has 0 saturated heterocycles. The van der Waals surface area contributed by atoms with Gasteiger partial charge in [-0.2, -0.15) is 11.8 Å². The third kappa shape index (κ3) is 4.15. The second-order valence-corrected chi connectivity index (χ2v) is 7.18. The van der Waals surface area contributed by atoms with Gasteiger partial charge in [-0.05, 0) is 24.8 Å². The van der Waals surface area contributed by atoms with Crippen LogP contribution in [0.15, 0.2) is 17.0 Å². The largest absolute Gasteiger partial charge is 0.391 e. The van der Waals surface area contributed by atoms with E-state index in [2.05, 4.69) is 4.72 Å². The second kappa shape index (κ2) is 7.35. The van der Waals surface area contributed by atoms with Gasteiger partial charge in [-0.1, -0.05) is 6.92 Å². The molecule has 1 unspecified atom stereocenters. The summed E-state index contributed by atoms with van der Waals surface area (Å²) in [5, 5.41) is 8.89. The van der Waals surface area contributed by atoms with E-state index in [-0.39, 0.29) is 6.04 Å². The molecule has 0 aliphatic rings. The van der Waals surface area contributed by atoms with Crippen molar-refractivity contribution >= 4 is 21.8 Å². The number of sulfonamides is 1. The molecular weight excluding hydrogens is 308 g/mol. The van der Waals surface area contributed by atoms with E-state index in [1.165, 1.54) is 0 Å². The van der Waals surface area contributed by atoms with Gasteiger partial charge in [0.15, 0.2) is 5.82 Å². The van der Waals surface area contributed by atoms with E-state index in [1.54, 1.807) is 18.7 Å². The molecule has 0 radical (unpaired) electrons. The molecule has 0 saturated carbocycles. The Morgan fingerprint density at radius 2 is 2.05 bits per heavy atom. The molecule has 1 rings (SSSR count). The highest BCUT2D eigenvalue weighted by Gasteiger charge is 2.24. The van der Waals surface area contributed by atoms with Crippen molar-refractivity contribution < 1.29 is 22.3 Å². The van der Waals surface area contributed by atoms with Crippen LogP contribution in [0.5, 0.6) is 0 Å². The lowest BCUT2D eigenvalue weighted by Gasteiger charge is -2.15. The number of aliphatic hydroxyl groups excluding tert-OH is 1. The molecule has 1 aromatic carbocycles. The molecule has 0 aromatic heterocycles. The van der Waals surface area contributed by atoms with Crippen molar-refractivity contribution in [3.63, 3.8) is 0 Å². The zero-order chi connectivity index (χ0) is 15.3. The van der Waals surface area contributed by atoms with Gasteiger partial charge in [-0.3, -0.25) is 0 Å². The van der Waals surface area contributed by atoms with Crippen LogP contribution in [-0.2, 0) is 16.6 Å². The number of aliphatic hydroxyl groups is 1. The first-order chi connectivity index (χ1) is 9.33. The van der Waals surface area contributed by atoms with Crippen LogP contribution in [0.25, 0.3) is 0 Å². The van der Waals surface area contributed by atoms with Gasteiger partial charge in [0.25, 0.3) is 0 Å². The van der Waals surface area contributed by atoms with Crippen molar-refractivity contribution in [1.82, 2.24) is 4.72 Å². The first kappa shape index (κ1) is 17.4. The van der Waals surface area contributed by atoms with Crippen molar-refractivity contribution in [1.29, 1.82) is 0 Å². The van der Waals surface area contributed by atoms with Crippen molar-refractivity contribution in [3.8, 4) is 0 Å². The molecule has 0 heterocycles. The SMILES string of the molecule is CCSCC(C)NS(=O)(=O)c1ccc(F)c(CO)c1F. The second-order valence-electron chi connectivity index (χ2n) is 4.18. The van der Waals surface area contributed by atoms with Crippen LogP contribution < -0.4 is 4.72 Å². The topological polar surface area (TPSA) is 66.4 Å². The van der Waals surface area contributed by atoms with Gasteiger partial charge >= 0.3 is 0 Å². The zero-order valence-corrected chi connectivity index (χ0v) is 12.8. The van der Waals surface area contributed by atoms with Crippen LogP contribution in [0.3, 0.4) is 0 Å². The van der Waals surface area contributed by atoms with Gasteiger partial charge in [0, 0.05) is 11.8 Å². The van der Waals surface area contributed by atoms with Gasteiger partial charge in [-0.25, -0.2) is 21.9 Å². The summed E-state index contributed by atoms with van der Waals surface area (Å²) in [6.07, 6.45) is 0. The Kier molecular flexibility index (Phi) is 6.38. The van der Waals surface area contributed by atoms with Crippen LogP contribution in [0, 0.1) is 11.6 Å². The maximum Gasteiger partial charge on any atom is 0.243 e. The summed E-state index contributed by atoms with van der Waals surface area (Å²) in [7, 11) is -4.09. The molecule has 4 nitrogen and oxygen atoms in total. The summed E-state index contributed by atoms with van der Waals surface area (Å²) in [6, 6.07) is 1.30. The average Bonchev–Trinajstić information content (AvgIpc) is 2.36. The monoisotopic (exact) mass is 325 g/mol. The molecule has 0 amide bonds. The lowest BCUT2D eigenvalue weighted by molar-refractivity contribution is 0.267. The van der Waals surface area contributed by atoms with Crippen LogP contribution in [0.4, 0.5) is 8.78 Å². The van der Waals surface area contributed by atoms with Crippen LogP contribution >= 0.6 is 11.8 Å². The van der Waals surface area contributed by atoms with Crippen LogP contribution in [0.2, 0.25) is 0 Å². The highest BCUT2D eigenvalue weighted by atomic mass is 32.2. The van der Waals surface area contributed by atoms with Gasteiger partial charge in [0.1, 0.15) is 10.7 Å². The van der Waals surface area contributed by atoms with E-state index >= 15 is 0 Å². The van der Waals surface area contributed by atoms with E-state index in [0.29, 0.717) is 5.75 Å². The zero-order valence-electron chi connectivity index (χ0n) is 11.2. The Balaban J connectivity index is 3.04. The number of hydrogen-bond donors (Lipinski definition) is 2. The fourth-order valence-electron chi connectivity index (χ4n) is 1.59. The number of hydrogen-bond acceptors (Lipinski definition) is 4. The molecule has 1 atom stereocenters. The Morgan fingerprint density at radius 3 is 2.60 bits per heavy atom. The van der Waals surface area contributed by atoms with Crippen molar-refractivity contribution in [2.24, 2.45) is 0 Å². The quantitative estimate of drug-likeness (QED) is 0.803. The molecular formula is C12H17F2NO3S2. The van der Waals surface area contributed by atoms with Crippen molar-refractivity contribution in [2.75, 3.05) is 11.5 Å². The van der Waals surface area contributed by atoms with Gasteiger partial charge in [0.2, 0.25) is 10.0 Å². The molecule has 0 aliphatic carbocycles. The average molecular weight is 325 g/mol. The van der Waals surface area contributed by atoms with Crippen LogP contribution in [0.1, 0.15) is 19.4 Å². The Morgan fingerprint density at radius 1 is 1.40 bits per heavy atom. The lowest BCUT2D eigenvalue weighted by atomic mass is 10.2. The normalized spacial score (nSPS) is 13.4. The highest BCUT2D eigenvalue weighted by molar-refractivity contribution is 7.99. The summed E-state index contributed by atoms with van der Waals surface area (Å²) < 4.78 is 53.5. The number of halogens is 2. The van der Waals surface area contributed by atoms with Gasteiger partial charge in [0.05, 0.1) is 12.2 Å². The van der Waals surface area contributed by atoms with E-state index < -0.39 is 38.7 Å². The minimum absolute atomic E-state index is 0.382. The number of thioether (sulfide) groups is 1. The van der Waals surface area contributed by atoms with E-state index in [9.17, 15) is 17.2 Å². The predicted octanol–water partition coefficient (Wildman–Crippen LogP) is 1.88. The molecule has 0 bridgehead atoms. The van der Waals surface area contributed by atoms with Crippen molar-refractivity contribution in [2.45, 2.75) is 31.4 Å². The summed E-state index contributed by atoms with van der Waals surface area (Å²) in [4.78, 5) is -0.656. The maximum absolute atomic E-state index is 13.9. The number of nitrogens with one attached hydrogen (secondary N) is 1. The standard InChI is InChI=1S/C12H17F2NO3S2/c1-3-19-7-8(2)15-20(17,18)11-5-4-10(13)9(6-16)12(11)14/h4-5,8,15-16H,3,6-7H2,1-2H3. The first-order valence-corrected chi connectivity index (χ1v) is 8.65. The summed E-state index contributed by atoms with van der Waals surface area (Å²) >= 11 is 1.55. The molecule has 1 aromatic rings. The van der Waals surface area contributed by atoms with E-state index in [0.717, 1.165) is 17.9 Å². The first-order valence-electron chi connectivity index (χ1n) is 6.01. The summed E-state index contributed by atoms with van der Waals surface area (Å²) in [5.74, 6) is -0.842. The maximum atomic E-state index is 13.9. The van der Waals surface area contributed by atoms with E-state index in [1.807, 2.05) is 6.92 Å². The smallest absolute Gasteiger partial charge is 0.243 e. The Hall–Kier alpha value is -0.700. The Labute approximate surface area is 121 Å². The fourth-order valence-corrected chi connectivity index (χ4v) is 3.71. The molecule has 114 valence electrons. The minimum atomic E-state index is -4.09. The minimum Gasteiger partial charge on any atom is -0.391 e. The highest BCUT2D eigenvalue weighted by Crippen LogP contribution is 2.21. The molecule has 8 heteroatoms. The van der Waals surface area contributed by atoms with Gasteiger partial charge in [-0.15, -0.1) is 0 Å². The summed E-state index contributed by atoms with van der Waals surface area (Å²) in [5.41, 5.74) is -0.650.